The van der Waals surface area contributed by atoms with Gasteiger partial charge in [0.05, 0.1) is 36.3 Å². The smallest absolute Gasteiger partial charge is 0.343 e. The van der Waals surface area contributed by atoms with Gasteiger partial charge in [0, 0.05) is 19.3 Å². The second kappa shape index (κ2) is 6.83. The number of methoxy groups -OCH3 is 1. The molecule has 1 aromatic rings. The van der Waals surface area contributed by atoms with Gasteiger partial charge in [0.2, 0.25) is 11.4 Å². The molecule has 10 nitrogen and oxygen atoms in total. The summed E-state index contributed by atoms with van der Waals surface area (Å²) in [7, 11) is 1.21. The molecule has 4 saturated heterocycles. The molecule has 0 N–H and O–H groups in total. The predicted molar refractivity (Wildman–Crippen MR) is 122 cm³/mol. The van der Waals surface area contributed by atoms with Crippen LogP contribution in [0.4, 0.5) is 0 Å². The minimum atomic E-state index is -2.12. The molecule has 1 saturated carbocycles. The Morgan fingerprint density at radius 1 is 1.05 bits per heavy atom. The number of furan rings is 1. The maximum Gasteiger partial charge on any atom is 0.343 e. The van der Waals surface area contributed by atoms with Crippen molar-refractivity contribution in [2.75, 3.05) is 7.11 Å². The van der Waals surface area contributed by atoms with Crippen molar-refractivity contribution in [1.29, 1.82) is 0 Å². The fourth-order valence-electron chi connectivity index (χ4n) is 8.03. The van der Waals surface area contributed by atoms with Gasteiger partial charge in [-0.05, 0) is 46.6 Å². The van der Waals surface area contributed by atoms with Crippen LogP contribution in [0.15, 0.2) is 34.8 Å². The second-order valence-electron chi connectivity index (χ2n) is 11.9. The number of ether oxygens (including phenoxy) is 5. The maximum absolute atomic E-state index is 14.3. The van der Waals surface area contributed by atoms with E-state index in [0.717, 1.165) is 0 Å². The van der Waals surface area contributed by atoms with E-state index >= 15 is 0 Å². The standard InChI is InChI=1S/C27H30O10/c1-22(2)15-12-26(34-16(15)11-18(28)35-22)24(4)17-7-9-23(3,19(29)14-8-10-33-13-14)27(26,21(31)32-6)37-25(17,5)36-20(24)30/h8,10-11,13,15,17H,7,9,12H2,1-6H3. The summed E-state index contributed by atoms with van der Waals surface area (Å²) in [5.74, 6) is -4.74. The van der Waals surface area contributed by atoms with Crippen molar-refractivity contribution in [1.82, 2.24) is 0 Å². The number of hydrogen-bond donors (Lipinski definition) is 0. The summed E-state index contributed by atoms with van der Waals surface area (Å²) in [5.41, 5.74) is -7.62. The van der Waals surface area contributed by atoms with Gasteiger partial charge in [0.15, 0.2) is 11.4 Å². The molecule has 0 amide bonds. The molecule has 5 aliphatic heterocycles. The largest absolute Gasteiger partial charge is 0.486 e. The lowest BCUT2D eigenvalue weighted by Gasteiger charge is -2.60. The number of cyclic esters (lactones) is 1. The van der Waals surface area contributed by atoms with Gasteiger partial charge in [0.25, 0.3) is 0 Å². The molecule has 7 unspecified atom stereocenters. The van der Waals surface area contributed by atoms with E-state index in [4.69, 9.17) is 28.1 Å². The molecule has 198 valence electrons. The molecule has 37 heavy (non-hydrogen) atoms. The van der Waals surface area contributed by atoms with Crippen LogP contribution in [0.5, 0.6) is 0 Å². The van der Waals surface area contributed by atoms with E-state index in [1.807, 2.05) is 0 Å². The molecular formula is C27H30O10. The van der Waals surface area contributed by atoms with Crippen LogP contribution >= 0.6 is 0 Å². The third kappa shape index (κ3) is 2.46. The lowest BCUT2D eigenvalue weighted by Crippen LogP contribution is -2.79. The molecule has 1 aliphatic carbocycles. The van der Waals surface area contributed by atoms with Gasteiger partial charge < -0.3 is 28.1 Å². The maximum atomic E-state index is 14.3. The first kappa shape index (κ1) is 24.2. The quantitative estimate of drug-likeness (QED) is 0.337. The predicted octanol–water partition coefficient (Wildman–Crippen LogP) is 3.09. The summed E-state index contributed by atoms with van der Waals surface area (Å²) in [6.45, 7) is 8.49. The Labute approximate surface area is 213 Å². The highest BCUT2D eigenvalue weighted by molar-refractivity contribution is 6.06. The number of hydrogen-bond acceptors (Lipinski definition) is 10. The normalized spacial score (nSPS) is 44.9. The first-order valence-corrected chi connectivity index (χ1v) is 12.4. The van der Waals surface area contributed by atoms with E-state index in [-0.39, 0.29) is 24.2 Å². The van der Waals surface area contributed by atoms with E-state index < -0.39 is 68.9 Å². The lowest BCUT2D eigenvalue weighted by molar-refractivity contribution is -0.353. The Morgan fingerprint density at radius 3 is 2.43 bits per heavy atom. The summed E-state index contributed by atoms with van der Waals surface area (Å²) in [4.78, 5) is 54.8. The number of ketones is 1. The molecule has 10 heteroatoms. The Hall–Kier alpha value is -3.14. The van der Waals surface area contributed by atoms with Crippen molar-refractivity contribution >= 4 is 23.7 Å². The van der Waals surface area contributed by atoms with Crippen LogP contribution in [0.2, 0.25) is 0 Å². The Morgan fingerprint density at radius 2 is 1.78 bits per heavy atom. The van der Waals surface area contributed by atoms with Gasteiger partial charge >= 0.3 is 17.9 Å². The van der Waals surface area contributed by atoms with Crippen LogP contribution in [-0.4, -0.2) is 53.4 Å². The third-order valence-corrected chi connectivity index (χ3v) is 9.87. The second-order valence-corrected chi connectivity index (χ2v) is 11.9. The third-order valence-electron chi connectivity index (χ3n) is 9.87. The summed E-state index contributed by atoms with van der Waals surface area (Å²) in [6, 6.07) is 1.52. The molecule has 5 fully saturated rings. The first-order valence-electron chi connectivity index (χ1n) is 12.4. The Bertz CT molecular complexity index is 1280. The van der Waals surface area contributed by atoms with Gasteiger partial charge in [-0.2, -0.15) is 0 Å². The number of carbonyl (C=O) groups excluding carboxylic acids is 4. The van der Waals surface area contributed by atoms with Gasteiger partial charge in [0.1, 0.15) is 23.0 Å². The fourth-order valence-corrected chi connectivity index (χ4v) is 8.03. The topological polar surface area (TPSA) is 128 Å². The van der Waals surface area contributed by atoms with Gasteiger partial charge in [-0.1, -0.05) is 0 Å². The van der Waals surface area contributed by atoms with E-state index in [2.05, 4.69) is 0 Å². The highest BCUT2D eigenvalue weighted by atomic mass is 16.8. The van der Waals surface area contributed by atoms with Crippen molar-refractivity contribution in [2.24, 2.45) is 22.7 Å². The monoisotopic (exact) mass is 514 g/mol. The number of fused-ring (bicyclic) bond motifs is 3. The van der Waals surface area contributed by atoms with E-state index in [9.17, 15) is 19.2 Å². The van der Waals surface area contributed by atoms with Gasteiger partial charge in [-0.25, -0.2) is 9.59 Å². The summed E-state index contributed by atoms with van der Waals surface area (Å²) >= 11 is 0. The van der Waals surface area contributed by atoms with Crippen molar-refractivity contribution in [3.63, 3.8) is 0 Å². The molecule has 1 spiro atoms. The molecule has 1 aromatic heterocycles. The molecule has 6 heterocycles. The van der Waals surface area contributed by atoms with Crippen LogP contribution in [-0.2, 0) is 38.1 Å². The Kier molecular flexibility index (Phi) is 4.47. The lowest BCUT2D eigenvalue weighted by atomic mass is 9.50. The zero-order chi connectivity index (χ0) is 26.8. The molecule has 7 rings (SSSR count). The fraction of sp³-hybridized carbons (Fsp3) is 0.630. The van der Waals surface area contributed by atoms with Crippen molar-refractivity contribution in [2.45, 2.75) is 76.5 Å². The minimum absolute atomic E-state index is 0.0562. The van der Waals surface area contributed by atoms with Crippen LogP contribution < -0.4 is 0 Å². The molecule has 7 atom stereocenters. The first-order chi connectivity index (χ1) is 17.2. The highest BCUT2D eigenvalue weighted by Crippen LogP contribution is 2.75. The van der Waals surface area contributed by atoms with Crippen molar-refractivity contribution in [3.05, 3.63) is 36.0 Å². The van der Waals surface area contributed by atoms with Gasteiger partial charge in [-0.3, -0.25) is 9.59 Å². The average Bonchev–Trinajstić information content (AvgIpc) is 3.49. The van der Waals surface area contributed by atoms with Crippen molar-refractivity contribution < 1.29 is 47.3 Å². The Balaban J connectivity index is 1.70. The molecule has 6 aliphatic rings. The van der Waals surface area contributed by atoms with Crippen LogP contribution in [0.25, 0.3) is 0 Å². The number of Topliss-reactive ketones (excluding diaryl/α,β-unsaturated/α-hetero) is 1. The van der Waals surface area contributed by atoms with E-state index in [1.54, 1.807) is 34.6 Å². The number of carbonyl (C=O) groups is 4. The molecule has 4 bridgehead atoms. The van der Waals surface area contributed by atoms with E-state index in [0.29, 0.717) is 6.42 Å². The molecule has 0 radical (unpaired) electrons. The number of rotatable bonds is 3. The zero-order valence-electron chi connectivity index (χ0n) is 21.7. The van der Waals surface area contributed by atoms with E-state index in [1.165, 1.54) is 31.8 Å². The van der Waals surface area contributed by atoms with Crippen molar-refractivity contribution in [3.8, 4) is 0 Å². The van der Waals surface area contributed by atoms with Crippen LogP contribution in [0.1, 0.15) is 64.2 Å². The zero-order valence-corrected chi connectivity index (χ0v) is 21.7. The molecular weight excluding hydrogens is 484 g/mol. The van der Waals surface area contributed by atoms with Gasteiger partial charge in [-0.15, -0.1) is 0 Å². The molecule has 0 aromatic carbocycles. The number of esters is 3. The SMILES string of the molecule is COC(=O)C12OC3(C)OC(=O)C(C)(C3CCC1(C)C(=O)c1ccoc1)C21CC2C(=CC(=O)OC2(C)C)O1. The van der Waals surface area contributed by atoms with Crippen LogP contribution in [0.3, 0.4) is 0 Å². The minimum Gasteiger partial charge on any atom is -0.486 e. The van der Waals surface area contributed by atoms with Crippen LogP contribution in [0, 0.1) is 22.7 Å². The highest BCUT2D eigenvalue weighted by Gasteiger charge is 2.91. The summed E-state index contributed by atoms with van der Waals surface area (Å²) in [6.07, 6.45) is 4.52. The summed E-state index contributed by atoms with van der Waals surface area (Å²) in [5, 5.41) is 0. The summed E-state index contributed by atoms with van der Waals surface area (Å²) < 4.78 is 35.5. The average molecular weight is 515 g/mol.